The van der Waals surface area contributed by atoms with E-state index >= 15 is 0 Å². The molecule has 0 fully saturated rings. The van der Waals surface area contributed by atoms with E-state index in [0.717, 1.165) is 10.0 Å². The number of allylic oxidation sites excluding steroid dienone is 1. The fourth-order valence-corrected chi connectivity index (χ4v) is 4.93. The quantitative estimate of drug-likeness (QED) is 0.143. The Morgan fingerprint density at radius 3 is 2.49 bits per heavy atom. The number of phenolic OH excluding ortho intramolecular Hbond substituents is 1. The van der Waals surface area contributed by atoms with Gasteiger partial charge in [-0.15, -0.1) is 0 Å². The van der Waals surface area contributed by atoms with Crippen molar-refractivity contribution < 1.29 is 19.4 Å². The molecule has 0 bridgehead atoms. The van der Waals surface area contributed by atoms with E-state index in [1.807, 2.05) is 26.0 Å². The lowest BCUT2D eigenvalue weighted by molar-refractivity contribution is -0.111. The molecule has 0 aromatic heterocycles. The lowest BCUT2D eigenvalue weighted by Gasteiger charge is -2.26. The van der Waals surface area contributed by atoms with Crippen LogP contribution < -0.4 is 16.4 Å². The summed E-state index contributed by atoms with van der Waals surface area (Å²) in [7, 11) is 0. The van der Waals surface area contributed by atoms with Gasteiger partial charge in [-0.25, -0.2) is 4.79 Å². The Hall–Kier alpha value is -3.30. The van der Waals surface area contributed by atoms with Crippen LogP contribution in [0.15, 0.2) is 81.8 Å². The third-order valence-corrected chi connectivity index (χ3v) is 6.75. The number of phenols is 1. The second kappa shape index (κ2) is 13.3. The average Bonchev–Trinajstić information content (AvgIpc) is 2.85. The highest BCUT2D eigenvalue weighted by Gasteiger charge is 2.27. The number of benzene rings is 3. The van der Waals surface area contributed by atoms with Gasteiger partial charge in [0, 0.05) is 15.7 Å². The second-order valence-electron chi connectivity index (χ2n) is 8.68. The molecule has 3 aromatic carbocycles. The molecule has 0 aliphatic rings. The number of nitrogen functional groups attached to an aromatic ring is 1. The highest BCUT2D eigenvalue weighted by atomic mass is 79.9. The number of hydrogen-bond donors (Lipinski definition) is 4. The van der Waals surface area contributed by atoms with Crippen LogP contribution in [0.3, 0.4) is 0 Å². The first-order valence-corrected chi connectivity index (χ1v) is 13.3. The van der Waals surface area contributed by atoms with Crippen molar-refractivity contribution >= 4 is 60.9 Å². The molecule has 0 aliphatic heterocycles. The average molecular weight is 631 g/mol. The third kappa shape index (κ3) is 8.36. The monoisotopic (exact) mass is 629 g/mol. The Bertz CT molecular complexity index is 1280. The normalized spacial score (nSPS) is 12.6. The number of ether oxygens (including phenoxy) is 1. The van der Waals surface area contributed by atoms with Crippen molar-refractivity contribution in [3.05, 3.63) is 92.9 Å². The van der Waals surface area contributed by atoms with Gasteiger partial charge >= 0.3 is 6.09 Å². The topological polar surface area (TPSA) is 114 Å². The van der Waals surface area contributed by atoms with Gasteiger partial charge in [0.05, 0.1) is 15.8 Å². The van der Waals surface area contributed by atoms with E-state index in [-0.39, 0.29) is 17.6 Å². The zero-order chi connectivity index (χ0) is 26.9. The SMILES string of the molecule is Cc1ccc(NC(=O)O[C@@H](c2cc(Br)cc(Br)c2O)[C@H](C)CC/C=C/C(=O)Nc2ccccc2N)cc1. The molecule has 7 nitrogen and oxygen atoms in total. The van der Waals surface area contributed by atoms with Crippen molar-refractivity contribution in [3.8, 4) is 5.75 Å². The number of halogens is 2. The van der Waals surface area contributed by atoms with Gasteiger partial charge in [-0.2, -0.15) is 0 Å². The Labute approximate surface area is 233 Å². The molecule has 3 aromatic rings. The molecule has 194 valence electrons. The van der Waals surface area contributed by atoms with Gasteiger partial charge in [-0.3, -0.25) is 10.1 Å². The summed E-state index contributed by atoms with van der Waals surface area (Å²) < 4.78 is 7.03. The van der Waals surface area contributed by atoms with Crippen LogP contribution in [0.4, 0.5) is 21.9 Å². The van der Waals surface area contributed by atoms with Crippen molar-refractivity contribution in [2.45, 2.75) is 32.8 Å². The van der Waals surface area contributed by atoms with E-state index in [1.165, 1.54) is 6.08 Å². The fraction of sp³-hybridized carbons (Fsp3) is 0.214. The standard InChI is InChI=1S/C28H29Br2N3O4/c1-17-11-13-20(14-12-17)32-28(36)37-27(21-15-19(29)16-22(30)26(21)35)18(2)7-3-6-10-25(34)33-24-9-5-4-8-23(24)31/h4-6,8-16,18,27,35H,3,7,31H2,1-2H3,(H,32,36)(H,33,34)/b10-6+/t18-,27-/m1/s1. The molecule has 2 atom stereocenters. The summed E-state index contributed by atoms with van der Waals surface area (Å²) in [5.74, 6) is -0.476. The second-order valence-corrected chi connectivity index (χ2v) is 10.4. The number of anilines is 3. The van der Waals surface area contributed by atoms with Crippen molar-refractivity contribution in [1.82, 2.24) is 0 Å². The fourth-order valence-electron chi connectivity index (χ4n) is 3.67. The number of nitrogens with one attached hydrogen (secondary N) is 2. The maximum atomic E-state index is 12.8. The molecule has 0 aliphatic carbocycles. The van der Waals surface area contributed by atoms with Crippen LogP contribution in [0.25, 0.3) is 0 Å². The largest absolute Gasteiger partial charge is 0.506 e. The van der Waals surface area contributed by atoms with E-state index in [0.29, 0.717) is 39.9 Å². The third-order valence-electron chi connectivity index (χ3n) is 5.69. The van der Waals surface area contributed by atoms with Crippen molar-refractivity contribution in [3.63, 3.8) is 0 Å². The van der Waals surface area contributed by atoms with Crippen LogP contribution in [0.5, 0.6) is 5.75 Å². The molecule has 2 amide bonds. The summed E-state index contributed by atoms with van der Waals surface area (Å²) in [6, 6.07) is 17.8. The predicted octanol–water partition coefficient (Wildman–Crippen LogP) is 7.71. The summed E-state index contributed by atoms with van der Waals surface area (Å²) in [6.07, 6.45) is 2.96. The van der Waals surface area contributed by atoms with E-state index in [4.69, 9.17) is 10.5 Å². The van der Waals surface area contributed by atoms with Gasteiger partial charge < -0.3 is 20.9 Å². The van der Waals surface area contributed by atoms with Gasteiger partial charge in [-0.1, -0.05) is 58.8 Å². The molecular weight excluding hydrogens is 602 g/mol. The van der Waals surface area contributed by atoms with Gasteiger partial charge in [0.1, 0.15) is 11.9 Å². The lowest BCUT2D eigenvalue weighted by Crippen LogP contribution is -2.22. The summed E-state index contributed by atoms with van der Waals surface area (Å²) >= 11 is 6.79. The predicted molar refractivity (Wildman–Crippen MR) is 155 cm³/mol. The number of amides is 2. The van der Waals surface area contributed by atoms with Crippen LogP contribution in [0.2, 0.25) is 0 Å². The van der Waals surface area contributed by atoms with Crippen LogP contribution in [-0.2, 0) is 9.53 Å². The molecule has 3 rings (SSSR count). The van der Waals surface area contributed by atoms with Gasteiger partial charge in [0.2, 0.25) is 5.91 Å². The molecule has 0 saturated heterocycles. The summed E-state index contributed by atoms with van der Waals surface area (Å²) in [5.41, 5.74) is 9.05. The van der Waals surface area contributed by atoms with Crippen molar-refractivity contribution in [2.24, 2.45) is 5.92 Å². The number of rotatable bonds is 9. The Kier molecular flexibility index (Phi) is 10.2. The zero-order valence-corrected chi connectivity index (χ0v) is 23.7. The van der Waals surface area contributed by atoms with Crippen LogP contribution in [0.1, 0.15) is 37.0 Å². The highest BCUT2D eigenvalue weighted by molar-refractivity contribution is 9.11. The minimum absolute atomic E-state index is 0.00134. The number of aryl methyl sites for hydroxylation is 1. The van der Waals surface area contributed by atoms with E-state index in [1.54, 1.807) is 54.6 Å². The molecule has 9 heteroatoms. The zero-order valence-electron chi connectivity index (χ0n) is 20.5. The first kappa shape index (κ1) is 28.3. The summed E-state index contributed by atoms with van der Waals surface area (Å²) in [6.45, 7) is 3.89. The van der Waals surface area contributed by atoms with E-state index in [9.17, 15) is 14.7 Å². The molecule has 0 heterocycles. The molecule has 0 unspecified atom stereocenters. The Balaban J connectivity index is 1.69. The summed E-state index contributed by atoms with van der Waals surface area (Å²) in [4.78, 5) is 25.0. The van der Waals surface area contributed by atoms with Crippen LogP contribution in [-0.4, -0.2) is 17.1 Å². The number of aromatic hydroxyl groups is 1. The molecule has 0 saturated carbocycles. The van der Waals surface area contributed by atoms with Gasteiger partial charge in [0.25, 0.3) is 0 Å². The minimum Gasteiger partial charge on any atom is -0.506 e. The molecule has 5 N–H and O–H groups in total. The van der Waals surface area contributed by atoms with Crippen molar-refractivity contribution in [1.29, 1.82) is 0 Å². The Morgan fingerprint density at radius 2 is 1.78 bits per heavy atom. The number of para-hydroxylation sites is 2. The highest BCUT2D eigenvalue weighted by Crippen LogP contribution is 2.40. The van der Waals surface area contributed by atoms with Crippen LogP contribution in [0, 0.1) is 12.8 Å². The number of nitrogens with two attached hydrogens (primary N) is 1. The van der Waals surface area contributed by atoms with E-state index in [2.05, 4.69) is 42.5 Å². The van der Waals surface area contributed by atoms with E-state index < -0.39 is 12.2 Å². The van der Waals surface area contributed by atoms with Gasteiger partial charge in [0.15, 0.2) is 0 Å². The summed E-state index contributed by atoms with van der Waals surface area (Å²) in [5, 5.41) is 16.2. The number of carbonyl (C=O) groups excluding carboxylic acids is 2. The van der Waals surface area contributed by atoms with Gasteiger partial charge in [-0.05, 0) is 84.1 Å². The lowest BCUT2D eigenvalue weighted by atomic mass is 9.92. The minimum atomic E-state index is -0.745. The smallest absolute Gasteiger partial charge is 0.412 e. The first-order valence-electron chi connectivity index (χ1n) is 11.7. The first-order chi connectivity index (χ1) is 17.6. The van der Waals surface area contributed by atoms with Crippen molar-refractivity contribution in [2.75, 3.05) is 16.4 Å². The Morgan fingerprint density at radius 1 is 1.08 bits per heavy atom. The molecule has 0 radical (unpaired) electrons. The number of hydrogen-bond acceptors (Lipinski definition) is 5. The maximum absolute atomic E-state index is 12.8. The molecule has 37 heavy (non-hydrogen) atoms. The molecule has 0 spiro atoms. The maximum Gasteiger partial charge on any atom is 0.412 e. The molecular formula is C28H29Br2N3O4. The van der Waals surface area contributed by atoms with Crippen LogP contribution >= 0.6 is 31.9 Å². The number of carbonyl (C=O) groups is 2.